The molecule has 1 aromatic rings. The maximum atomic E-state index is 10.8. The third-order valence-electron chi connectivity index (χ3n) is 3.10. The number of ether oxygens (including phenoxy) is 1. The highest BCUT2D eigenvalue weighted by Crippen LogP contribution is 2.28. The van der Waals surface area contributed by atoms with Crippen molar-refractivity contribution in [3.05, 3.63) is 48.6 Å². The molecule has 4 nitrogen and oxygen atoms in total. The van der Waals surface area contributed by atoms with Crippen LogP contribution in [0.25, 0.3) is 0 Å². The second kappa shape index (κ2) is 7.07. The van der Waals surface area contributed by atoms with Crippen LogP contribution in [0.4, 0.5) is 0 Å². The zero-order valence-corrected chi connectivity index (χ0v) is 11.4. The third-order valence-corrected chi connectivity index (χ3v) is 3.10. The van der Waals surface area contributed by atoms with Crippen LogP contribution in [0.15, 0.2) is 43.0 Å². The van der Waals surface area contributed by atoms with Crippen molar-refractivity contribution >= 4 is 6.47 Å². The molecule has 0 aliphatic rings. The summed E-state index contributed by atoms with van der Waals surface area (Å²) in [5.41, 5.74) is 5.95. The zero-order valence-electron chi connectivity index (χ0n) is 11.4. The van der Waals surface area contributed by atoms with Crippen molar-refractivity contribution in [3.63, 3.8) is 0 Å². The van der Waals surface area contributed by atoms with Crippen molar-refractivity contribution in [1.29, 1.82) is 0 Å². The molecule has 1 radical (unpaired) electrons. The van der Waals surface area contributed by atoms with E-state index < -0.39 is 11.8 Å². The van der Waals surface area contributed by atoms with E-state index in [0.717, 1.165) is 5.56 Å². The Morgan fingerprint density at radius 3 is 2.58 bits per heavy atom. The van der Waals surface area contributed by atoms with Gasteiger partial charge in [0.25, 0.3) is 0 Å². The summed E-state index contributed by atoms with van der Waals surface area (Å²) in [4.78, 5) is 10.8. The minimum atomic E-state index is -1.09. The van der Waals surface area contributed by atoms with Crippen LogP contribution < -0.4 is 11.1 Å². The topological polar surface area (TPSA) is 64.3 Å². The highest BCUT2D eigenvalue weighted by Gasteiger charge is 2.42. The van der Waals surface area contributed by atoms with Crippen LogP contribution in [0, 0.1) is 5.92 Å². The predicted octanol–water partition coefficient (Wildman–Crippen LogP) is 1.68. The van der Waals surface area contributed by atoms with Crippen molar-refractivity contribution in [2.75, 3.05) is 6.54 Å². The molecule has 0 amide bonds. The van der Waals surface area contributed by atoms with Gasteiger partial charge in [-0.1, -0.05) is 50.3 Å². The van der Waals surface area contributed by atoms with Crippen LogP contribution in [0.1, 0.15) is 19.4 Å². The summed E-state index contributed by atoms with van der Waals surface area (Å²) in [6.45, 7) is 9.62. The average molecular weight is 261 g/mol. The van der Waals surface area contributed by atoms with E-state index in [-0.39, 0.29) is 5.92 Å². The van der Waals surface area contributed by atoms with Crippen LogP contribution in [0.5, 0.6) is 0 Å². The maximum Gasteiger partial charge on any atom is 0.419 e. The first-order chi connectivity index (χ1) is 9.08. The highest BCUT2D eigenvalue weighted by molar-refractivity contribution is 5.42. The molecule has 0 saturated carbocycles. The van der Waals surface area contributed by atoms with Gasteiger partial charge in [-0.15, -0.1) is 6.58 Å². The van der Waals surface area contributed by atoms with E-state index in [1.807, 2.05) is 44.2 Å². The second-order valence-electron chi connectivity index (χ2n) is 4.73. The van der Waals surface area contributed by atoms with E-state index in [1.165, 1.54) is 6.47 Å². The molecule has 3 N–H and O–H groups in total. The molecule has 1 unspecified atom stereocenters. The summed E-state index contributed by atoms with van der Waals surface area (Å²) in [7, 11) is 0. The quantitative estimate of drug-likeness (QED) is 0.552. The lowest BCUT2D eigenvalue weighted by Crippen LogP contribution is -2.59. The van der Waals surface area contributed by atoms with Crippen molar-refractivity contribution in [3.8, 4) is 0 Å². The van der Waals surface area contributed by atoms with E-state index in [4.69, 9.17) is 10.5 Å². The molecule has 1 rings (SSSR count). The number of hydrogen-bond donors (Lipinski definition) is 2. The summed E-state index contributed by atoms with van der Waals surface area (Å²) in [5, 5.41) is 3.15. The Morgan fingerprint density at radius 2 is 2.11 bits per heavy atom. The molecule has 0 aromatic heterocycles. The van der Waals surface area contributed by atoms with Crippen molar-refractivity contribution < 1.29 is 9.53 Å². The molecule has 103 valence electrons. The lowest BCUT2D eigenvalue weighted by Gasteiger charge is -2.39. The Bertz CT molecular complexity index is 406. The number of benzene rings is 1. The van der Waals surface area contributed by atoms with Gasteiger partial charge in [-0.3, -0.25) is 5.32 Å². The third kappa shape index (κ3) is 3.43. The van der Waals surface area contributed by atoms with Gasteiger partial charge in [0.1, 0.15) is 0 Å². The smallest absolute Gasteiger partial charge is 0.419 e. The number of nitrogens with two attached hydrogens (primary N) is 1. The van der Waals surface area contributed by atoms with Gasteiger partial charge < -0.3 is 10.5 Å². The Morgan fingerprint density at radius 1 is 1.47 bits per heavy atom. The lowest BCUT2D eigenvalue weighted by atomic mass is 9.87. The minimum absolute atomic E-state index is 0.117. The fourth-order valence-corrected chi connectivity index (χ4v) is 2.02. The molecule has 0 aliphatic carbocycles. The van der Waals surface area contributed by atoms with Crippen molar-refractivity contribution in [2.24, 2.45) is 11.7 Å². The van der Waals surface area contributed by atoms with Crippen molar-refractivity contribution in [1.82, 2.24) is 5.32 Å². The van der Waals surface area contributed by atoms with Gasteiger partial charge in [-0.05, 0) is 5.92 Å². The molecule has 4 heteroatoms. The standard InChI is InChI=1S/C15H21N2O2/c1-4-10-17-15(19-11-18,14(16)12(2)3)13-8-6-5-7-9-13/h4-9,12,14,17H,1,10,16H2,2-3H3/t14-,15?/m0/s1. The summed E-state index contributed by atoms with van der Waals surface area (Å²) >= 11 is 0. The molecule has 0 bridgehead atoms. The lowest BCUT2D eigenvalue weighted by molar-refractivity contribution is -0.0228. The van der Waals surface area contributed by atoms with Gasteiger partial charge >= 0.3 is 6.47 Å². The highest BCUT2D eigenvalue weighted by atomic mass is 16.6. The van der Waals surface area contributed by atoms with E-state index in [9.17, 15) is 4.79 Å². The average Bonchev–Trinajstić information content (AvgIpc) is 2.43. The first-order valence-electron chi connectivity index (χ1n) is 6.30. The fourth-order valence-electron chi connectivity index (χ4n) is 2.02. The van der Waals surface area contributed by atoms with Gasteiger partial charge in [0.05, 0.1) is 6.04 Å². The zero-order chi connectivity index (χ0) is 14.3. The summed E-state index contributed by atoms with van der Waals surface area (Å²) in [6.07, 6.45) is 1.69. The second-order valence-corrected chi connectivity index (χ2v) is 4.73. The van der Waals surface area contributed by atoms with Crippen LogP contribution in [0.3, 0.4) is 0 Å². The number of hydrogen-bond acceptors (Lipinski definition) is 4. The minimum Gasteiger partial charge on any atom is -0.429 e. The van der Waals surface area contributed by atoms with Gasteiger partial charge in [-0.2, -0.15) is 0 Å². The molecule has 0 aliphatic heterocycles. The summed E-state index contributed by atoms with van der Waals surface area (Å²) in [6, 6.07) is 8.98. The van der Waals surface area contributed by atoms with Crippen LogP contribution in [-0.2, 0) is 15.3 Å². The number of carbonyl (C=O) groups excluding carboxylic acids is 1. The molecule has 0 fully saturated rings. The molecular weight excluding hydrogens is 240 g/mol. The van der Waals surface area contributed by atoms with E-state index in [0.29, 0.717) is 6.54 Å². The van der Waals surface area contributed by atoms with E-state index >= 15 is 0 Å². The molecule has 1 aromatic carbocycles. The Balaban J connectivity index is 3.25. The number of rotatable bonds is 8. The monoisotopic (exact) mass is 261 g/mol. The first-order valence-corrected chi connectivity index (χ1v) is 6.30. The van der Waals surface area contributed by atoms with Gasteiger partial charge in [0.2, 0.25) is 5.72 Å². The van der Waals surface area contributed by atoms with E-state index in [1.54, 1.807) is 6.08 Å². The molecule has 2 atom stereocenters. The summed E-state index contributed by atoms with van der Waals surface area (Å²) < 4.78 is 5.25. The van der Waals surface area contributed by atoms with Crippen LogP contribution in [-0.4, -0.2) is 19.1 Å². The molecule has 0 heterocycles. The molecule has 0 spiro atoms. The molecule has 19 heavy (non-hydrogen) atoms. The van der Waals surface area contributed by atoms with Gasteiger partial charge in [-0.25, -0.2) is 4.79 Å². The normalized spacial score (nSPS) is 15.6. The maximum absolute atomic E-state index is 10.8. The predicted molar refractivity (Wildman–Crippen MR) is 75.9 cm³/mol. The SMILES string of the molecule is C=CCNC(O[C]=O)(c1ccccc1)[C@@H](N)C(C)C. The van der Waals surface area contributed by atoms with Gasteiger partial charge in [0.15, 0.2) is 0 Å². The summed E-state index contributed by atoms with van der Waals surface area (Å²) in [5.74, 6) is 0.117. The Kier molecular flexibility index (Phi) is 5.73. The molecular formula is C15H21N2O2. The van der Waals surface area contributed by atoms with Crippen molar-refractivity contribution in [2.45, 2.75) is 25.6 Å². The van der Waals surface area contributed by atoms with Gasteiger partial charge in [0, 0.05) is 12.1 Å². The first kappa shape index (κ1) is 15.4. The number of nitrogens with one attached hydrogen (secondary N) is 1. The van der Waals surface area contributed by atoms with Crippen LogP contribution in [0.2, 0.25) is 0 Å². The fraction of sp³-hybridized carbons (Fsp3) is 0.400. The van der Waals surface area contributed by atoms with E-state index in [2.05, 4.69) is 11.9 Å². The van der Waals surface area contributed by atoms with Crippen LogP contribution >= 0.6 is 0 Å². The molecule has 0 saturated heterocycles. The Hall–Kier alpha value is -1.65. The Labute approximate surface area is 114 Å². The largest absolute Gasteiger partial charge is 0.429 e.